The van der Waals surface area contributed by atoms with E-state index < -0.39 is 15.3 Å². The van der Waals surface area contributed by atoms with Gasteiger partial charge in [0.15, 0.2) is 0 Å². The molecule has 1 fully saturated rings. The molecular formula is C18H25N3O3S. The first-order chi connectivity index (χ1) is 12.1. The van der Waals surface area contributed by atoms with Crippen LogP contribution in [0.25, 0.3) is 0 Å². The molecule has 0 aromatic carbocycles. The minimum Gasteiger partial charge on any atom is -0.365 e. The highest BCUT2D eigenvalue weighted by Gasteiger charge is 2.36. The van der Waals surface area contributed by atoms with Gasteiger partial charge in [-0.15, -0.1) is 12.5 Å². The summed E-state index contributed by atoms with van der Waals surface area (Å²) in [4.78, 5) is 8.33. The fraction of sp³-hybridized carbons (Fsp3) is 0.556. The predicted octanol–water partition coefficient (Wildman–Crippen LogP) is 2.32. The van der Waals surface area contributed by atoms with Crippen molar-refractivity contribution in [2.75, 3.05) is 19.7 Å². The van der Waals surface area contributed by atoms with E-state index in [-0.39, 0.29) is 6.10 Å². The van der Waals surface area contributed by atoms with Crippen LogP contribution in [0.4, 0.5) is 0 Å². The van der Waals surface area contributed by atoms with Crippen molar-refractivity contribution < 1.29 is 13.2 Å². The van der Waals surface area contributed by atoms with Crippen molar-refractivity contribution in [3.05, 3.63) is 36.9 Å². The maximum atomic E-state index is 13.1. The smallest absolute Gasteiger partial charge is 0.224 e. The fourth-order valence-electron chi connectivity index (χ4n) is 2.82. The molecule has 0 saturated carbocycles. The average molecular weight is 363 g/mol. The molecule has 0 aliphatic carbocycles. The topological polar surface area (TPSA) is 72.4 Å². The number of aromatic nitrogens is 2. The number of nitrogens with zero attached hydrogens (tertiary/aromatic N) is 3. The van der Waals surface area contributed by atoms with Gasteiger partial charge >= 0.3 is 0 Å². The van der Waals surface area contributed by atoms with Gasteiger partial charge in [0.1, 0.15) is 17.7 Å². The van der Waals surface area contributed by atoms with Crippen LogP contribution >= 0.6 is 0 Å². The summed E-state index contributed by atoms with van der Waals surface area (Å²) in [6.45, 7) is 6.75. The molecule has 25 heavy (non-hydrogen) atoms. The van der Waals surface area contributed by atoms with E-state index in [0.29, 0.717) is 51.2 Å². The van der Waals surface area contributed by atoms with Crippen LogP contribution in [0.2, 0.25) is 0 Å². The SMILES string of the molecule is C=CCCC(c1ncccn1)S(=O)(=O)N1CCC(OCC#CC)CC1. The summed E-state index contributed by atoms with van der Waals surface area (Å²) in [5, 5.41) is -0.741. The Morgan fingerprint density at radius 2 is 2.08 bits per heavy atom. The Balaban J connectivity index is 2.07. The van der Waals surface area contributed by atoms with Gasteiger partial charge in [-0.2, -0.15) is 0 Å². The Kier molecular flexibility index (Phi) is 7.56. The Bertz CT molecular complexity index is 702. The van der Waals surface area contributed by atoms with E-state index in [2.05, 4.69) is 28.4 Å². The second-order valence-corrected chi connectivity index (χ2v) is 7.96. The van der Waals surface area contributed by atoms with Crippen LogP contribution in [0.3, 0.4) is 0 Å². The zero-order valence-corrected chi connectivity index (χ0v) is 15.4. The molecule has 1 aliphatic heterocycles. The highest BCUT2D eigenvalue weighted by atomic mass is 32.2. The van der Waals surface area contributed by atoms with Gasteiger partial charge in [-0.05, 0) is 38.7 Å². The lowest BCUT2D eigenvalue weighted by molar-refractivity contribution is 0.0407. The van der Waals surface area contributed by atoms with Crippen molar-refractivity contribution in [3.8, 4) is 11.8 Å². The highest BCUT2D eigenvalue weighted by Crippen LogP contribution is 2.30. The minimum atomic E-state index is -3.52. The summed E-state index contributed by atoms with van der Waals surface area (Å²) in [6.07, 6.45) is 7.31. The quantitative estimate of drug-likeness (QED) is 0.523. The van der Waals surface area contributed by atoms with Crippen LogP contribution in [-0.4, -0.2) is 48.5 Å². The van der Waals surface area contributed by atoms with Crippen molar-refractivity contribution >= 4 is 10.0 Å². The summed E-state index contributed by atoms with van der Waals surface area (Å²) in [5.74, 6) is 6.01. The Hall–Kier alpha value is -1.75. The summed E-state index contributed by atoms with van der Waals surface area (Å²) in [6, 6.07) is 1.68. The molecule has 1 atom stereocenters. The lowest BCUT2D eigenvalue weighted by Gasteiger charge is -2.33. The molecular weight excluding hydrogens is 338 g/mol. The third kappa shape index (κ3) is 5.36. The number of ether oxygens (including phenoxy) is 1. The molecule has 0 spiro atoms. The fourth-order valence-corrected chi connectivity index (χ4v) is 4.72. The lowest BCUT2D eigenvalue weighted by Crippen LogP contribution is -2.43. The Labute approximate surface area is 150 Å². The molecule has 1 aromatic rings. The number of allylic oxidation sites excluding steroid dienone is 1. The highest BCUT2D eigenvalue weighted by molar-refractivity contribution is 7.89. The maximum Gasteiger partial charge on any atom is 0.224 e. The van der Waals surface area contributed by atoms with Gasteiger partial charge in [-0.25, -0.2) is 22.7 Å². The number of hydrogen-bond acceptors (Lipinski definition) is 5. The van der Waals surface area contributed by atoms with Gasteiger partial charge in [-0.1, -0.05) is 12.0 Å². The molecule has 2 rings (SSSR count). The summed E-state index contributed by atoms with van der Waals surface area (Å²) in [5.41, 5.74) is 0. The van der Waals surface area contributed by atoms with E-state index in [1.807, 2.05) is 0 Å². The largest absolute Gasteiger partial charge is 0.365 e. The maximum absolute atomic E-state index is 13.1. The summed E-state index contributed by atoms with van der Waals surface area (Å²) < 4.78 is 33.4. The van der Waals surface area contributed by atoms with Gasteiger partial charge < -0.3 is 4.74 Å². The third-order valence-electron chi connectivity index (χ3n) is 4.20. The van der Waals surface area contributed by atoms with Gasteiger partial charge in [-0.3, -0.25) is 0 Å². The van der Waals surface area contributed by atoms with E-state index in [0.717, 1.165) is 0 Å². The van der Waals surface area contributed by atoms with Crippen LogP contribution in [-0.2, 0) is 14.8 Å². The third-order valence-corrected chi connectivity index (χ3v) is 6.45. The van der Waals surface area contributed by atoms with Gasteiger partial charge in [0, 0.05) is 25.5 Å². The average Bonchev–Trinajstić information content (AvgIpc) is 2.63. The Morgan fingerprint density at radius 3 is 2.68 bits per heavy atom. The van der Waals surface area contributed by atoms with Crippen molar-refractivity contribution in [2.45, 2.75) is 44.0 Å². The number of hydrogen-bond donors (Lipinski definition) is 0. The van der Waals surface area contributed by atoms with E-state index in [1.165, 1.54) is 0 Å². The molecule has 0 amide bonds. The second kappa shape index (κ2) is 9.66. The summed E-state index contributed by atoms with van der Waals surface area (Å²) >= 11 is 0. The molecule has 6 nitrogen and oxygen atoms in total. The van der Waals surface area contributed by atoms with E-state index in [9.17, 15) is 8.42 Å². The van der Waals surface area contributed by atoms with Crippen LogP contribution in [0.5, 0.6) is 0 Å². The van der Waals surface area contributed by atoms with Gasteiger partial charge in [0.05, 0.1) is 6.10 Å². The zero-order chi connectivity index (χ0) is 18.1. The van der Waals surface area contributed by atoms with Crippen molar-refractivity contribution in [2.24, 2.45) is 0 Å². The molecule has 7 heteroatoms. The first-order valence-electron chi connectivity index (χ1n) is 8.47. The van der Waals surface area contributed by atoms with Crippen LogP contribution in [0, 0.1) is 11.8 Å². The van der Waals surface area contributed by atoms with E-state index >= 15 is 0 Å². The monoisotopic (exact) mass is 363 g/mol. The molecule has 2 heterocycles. The van der Waals surface area contributed by atoms with Crippen molar-refractivity contribution in [3.63, 3.8) is 0 Å². The molecule has 1 aliphatic rings. The van der Waals surface area contributed by atoms with Crippen molar-refractivity contribution in [1.82, 2.24) is 14.3 Å². The second-order valence-electron chi connectivity index (χ2n) is 5.84. The normalized spacial score (nSPS) is 17.5. The molecule has 0 bridgehead atoms. The number of piperidine rings is 1. The Morgan fingerprint density at radius 1 is 1.40 bits per heavy atom. The molecule has 1 unspecified atom stereocenters. The van der Waals surface area contributed by atoms with Crippen LogP contribution in [0.1, 0.15) is 43.7 Å². The van der Waals surface area contributed by atoms with Crippen molar-refractivity contribution in [1.29, 1.82) is 0 Å². The first-order valence-corrected chi connectivity index (χ1v) is 9.98. The minimum absolute atomic E-state index is 0.0619. The lowest BCUT2D eigenvalue weighted by atomic mass is 10.1. The molecule has 1 aromatic heterocycles. The number of rotatable bonds is 8. The first kappa shape index (κ1) is 19.6. The summed E-state index contributed by atoms with van der Waals surface area (Å²) in [7, 11) is -3.52. The number of sulfonamides is 1. The van der Waals surface area contributed by atoms with E-state index in [4.69, 9.17) is 4.74 Å². The standard InChI is InChI=1S/C18H25N3O3S/c1-3-5-8-17(18-19-11-7-12-20-18)25(22,23)21-13-9-16(10-14-21)24-15-6-4-2/h3,7,11-12,16-17H,1,5,8-10,13-15H2,2H3. The van der Waals surface area contributed by atoms with E-state index in [1.54, 1.807) is 35.8 Å². The molecule has 1 saturated heterocycles. The predicted molar refractivity (Wildman–Crippen MR) is 97.1 cm³/mol. The zero-order valence-electron chi connectivity index (χ0n) is 14.6. The van der Waals surface area contributed by atoms with Gasteiger partial charge in [0.2, 0.25) is 10.0 Å². The van der Waals surface area contributed by atoms with Crippen LogP contribution < -0.4 is 0 Å². The molecule has 0 N–H and O–H groups in total. The van der Waals surface area contributed by atoms with Crippen LogP contribution in [0.15, 0.2) is 31.1 Å². The molecule has 0 radical (unpaired) electrons. The van der Waals surface area contributed by atoms with Gasteiger partial charge in [0.25, 0.3) is 0 Å². The molecule has 136 valence electrons.